The molecule has 0 aromatic heterocycles. The summed E-state index contributed by atoms with van der Waals surface area (Å²) in [5, 5.41) is 0.583. The van der Waals surface area contributed by atoms with E-state index in [0.717, 1.165) is 0 Å². The van der Waals surface area contributed by atoms with Crippen molar-refractivity contribution in [1.82, 2.24) is 0 Å². The molecule has 2 aromatic carbocycles. The summed E-state index contributed by atoms with van der Waals surface area (Å²) in [6.45, 7) is 0. The monoisotopic (exact) mass is 374 g/mol. The van der Waals surface area contributed by atoms with Crippen molar-refractivity contribution in [2.45, 2.75) is 6.18 Å². The number of halogens is 5. The molecule has 0 N–H and O–H groups in total. The van der Waals surface area contributed by atoms with Crippen LogP contribution in [0, 0.1) is 0 Å². The van der Waals surface area contributed by atoms with Crippen LogP contribution in [0.2, 0.25) is 5.02 Å². The van der Waals surface area contributed by atoms with Crippen LogP contribution in [-0.2, 0) is 0 Å². The number of alkyl halides is 4. The summed E-state index contributed by atoms with van der Waals surface area (Å²) in [5.41, 5.74) is 0.189. The minimum atomic E-state index is -4.44. The van der Waals surface area contributed by atoms with Crippen LogP contribution in [0.3, 0.4) is 0 Å². The second kappa shape index (κ2) is 6.67. The second-order valence-corrected chi connectivity index (χ2v) is 5.36. The van der Waals surface area contributed by atoms with E-state index < -0.39 is 11.7 Å². The molecule has 0 fully saturated rings. The molecule has 21 heavy (non-hydrogen) atoms. The van der Waals surface area contributed by atoms with Crippen LogP contribution in [0.25, 0.3) is 11.1 Å². The van der Waals surface area contributed by atoms with E-state index in [-0.39, 0.29) is 16.5 Å². The first kappa shape index (κ1) is 16.1. The molecule has 0 unspecified atom stereocenters. The summed E-state index contributed by atoms with van der Waals surface area (Å²) in [5.74, 6) is 0. The fourth-order valence-electron chi connectivity index (χ4n) is 2.05. The van der Waals surface area contributed by atoms with Gasteiger partial charge >= 0.3 is 6.18 Å². The molecule has 0 aliphatic rings. The van der Waals surface area contributed by atoms with Crippen molar-refractivity contribution in [2.75, 3.05) is 5.33 Å². The van der Waals surface area contributed by atoms with Gasteiger partial charge in [-0.2, -0.15) is 13.2 Å². The molecule has 0 radical (unpaired) electrons. The highest BCUT2D eigenvalue weighted by Crippen LogP contribution is 2.40. The van der Waals surface area contributed by atoms with Crippen molar-refractivity contribution in [3.63, 3.8) is 0 Å². The number of allylic oxidation sites excluding steroid dienone is 2. The van der Waals surface area contributed by atoms with Gasteiger partial charge in [0.05, 0.1) is 5.57 Å². The summed E-state index contributed by atoms with van der Waals surface area (Å²) < 4.78 is 40.5. The topological polar surface area (TPSA) is 0 Å². The standard InChI is InChI=1S/C16H11BrClF3/c17-10-14(11-6-8-13(18)9-7-11)15(16(19,20)21)12-4-2-1-3-5-12/h1-9H,10H2/b15-14-. The molecule has 0 amide bonds. The van der Waals surface area contributed by atoms with E-state index in [1.54, 1.807) is 42.5 Å². The summed E-state index contributed by atoms with van der Waals surface area (Å²) in [6, 6.07) is 14.1. The molecule has 0 aliphatic carbocycles. The maximum atomic E-state index is 13.5. The molecule has 0 heterocycles. The largest absolute Gasteiger partial charge is 0.417 e. The SMILES string of the molecule is FC(F)(F)/C(=C(/CBr)c1ccc(Cl)cc1)c1ccccc1. The summed E-state index contributed by atoms with van der Waals surface area (Å²) in [6.07, 6.45) is -4.44. The maximum absolute atomic E-state index is 13.5. The maximum Gasteiger partial charge on any atom is 0.417 e. The van der Waals surface area contributed by atoms with E-state index in [1.807, 2.05) is 0 Å². The van der Waals surface area contributed by atoms with Gasteiger partial charge in [-0.15, -0.1) is 0 Å². The van der Waals surface area contributed by atoms with Crippen molar-refractivity contribution in [2.24, 2.45) is 0 Å². The van der Waals surface area contributed by atoms with Gasteiger partial charge in [0.15, 0.2) is 0 Å². The Bertz CT molecular complexity index is 631. The summed E-state index contributed by atoms with van der Waals surface area (Å²) >= 11 is 8.97. The zero-order valence-electron chi connectivity index (χ0n) is 10.8. The molecule has 0 saturated heterocycles. The highest BCUT2D eigenvalue weighted by molar-refractivity contribution is 9.09. The first-order valence-corrected chi connectivity index (χ1v) is 7.61. The molecule has 0 atom stereocenters. The molecule has 5 heteroatoms. The molecule has 0 nitrogen and oxygen atoms in total. The molecule has 0 aliphatic heterocycles. The van der Waals surface area contributed by atoms with Crippen LogP contribution in [0.15, 0.2) is 54.6 Å². The Hall–Kier alpha value is -1.26. The third kappa shape index (κ3) is 3.89. The van der Waals surface area contributed by atoms with Crippen LogP contribution in [-0.4, -0.2) is 11.5 Å². The van der Waals surface area contributed by atoms with Crippen molar-refractivity contribution in [3.8, 4) is 0 Å². The molecule has 2 rings (SSSR count). The Morgan fingerprint density at radius 3 is 1.95 bits per heavy atom. The molecule has 0 bridgehead atoms. The first-order valence-electron chi connectivity index (χ1n) is 6.11. The van der Waals surface area contributed by atoms with Gasteiger partial charge in [0, 0.05) is 10.4 Å². The van der Waals surface area contributed by atoms with Crippen molar-refractivity contribution < 1.29 is 13.2 Å². The normalized spacial score (nSPS) is 13.0. The van der Waals surface area contributed by atoms with Crippen molar-refractivity contribution >= 4 is 38.7 Å². The van der Waals surface area contributed by atoms with E-state index in [0.29, 0.717) is 10.6 Å². The Morgan fingerprint density at radius 1 is 0.905 bits per heavy atom. The lowest BCUT2D eigenvalue weighted by Gasteiger charge is -2.17. The smallest absolute Gasteiger partial charge is 0.166 e. The van der Waals surface area contributed by atoms with Gasteiger partial charge in [0.1, 0.15) is 0 Å². The van der Waals surface area contributed by atoms with Gasteiger partial charge in [-0.25, -0.2) is 0 Å². The van der Waals surface area contributed by atoms with E-state index >= 15 is 0 Å². The average Bonchev–Trinajstić information content (AvgIpc) is 2.45. The fraction of sp³-hybridized carbons (Fsp3) is 0.125. The van der Waals surface area contributed by atoms with Crippen LogP contribution < -0.4 is 0 Å². The van der Waals surface area contributed by atoms with E-state index in [1.165, 1.54) is 12.1 Å². The number of hydrogen-bond acceptors (Lipinski definition) is 0. The fourth-order valence-corrected chi connectivity index (χ4v) is 2.78. The van der Waals surface area contributed by atoms with Crippen LogP contribution >= 0.6 is 27.5 Å². The van der Waals surface area contributed by atoms with Crippen LogP contribution in [0.5, 0.6) is 0 Å². The average molecular weight is 376 g/mol. The Kier molecular flexibility index (Phi) is 5.12. The summed E-state index contributed by atoms with van der Waals surface area (Å²) in [4.78, 5) is 0. The van der Waals surface area contributed by atoms with E-state index in [9.17, 15) is 13.2 Å². The van der Waals surface area contributed by atoms with Crippen LogP contribution in [0.1, 0.15) is 11.1 Å². The molecular formula is C16H11BrClF3. The zero-order valence-corrected chi connectivity index (χ0v) is 13.1. The minimum absolute atomic E-state index is 0.0956. The molecule has 0 spiro atoms. The predicted octanol–water partition coefficient (Wildman–Crippen LogP) is 6.21. The van der Waals surface area contributed by atoms with Crippen LogP contribution in [0.4, 0.5) is 13.2 Å². The second-order valence-electron chi connectivity index (χ2n) is 4.36. The lowest BCUT2D eigenvalue weighted by atomic mass is 9.95. The number of hydrogen-bond donors (Lipinski definition) is 0. The Morgan fingerprint density at radius 2 is 1.48 bits per heavy atom. The highest BCUT2D eigenvalue weighted by atomic mass is 79.9. The van der Waals surface area contributed by atoms with Gasteiger partial charge in [-0.05, 0) is 28.8 Å². The Labute approximate surface area is 134 Å². The third-order valence-electron chi connectivity index (χ3n) is 2.97. The number of rotatable bonds is 3. The summed E-state index contributed by atoms with van der Waals surface area (Å²) in [7, 11) is 0. The first-order chi connectivity index (χ1) is 9.93. The van der Waals surface area contributed by atoms with Crippen molar-refractivity contribution in [1.29, 1.82) is 0 Å². The van der Waals surface area contributed by atoms with Gasteiger partial charge in [-0.1, -0.05) is 70.0 Å². The van der Waals surface area contributed by atoms with Gasteiger partial charge in [0.2, 0.25) is 0 Å². The molecule has 110 valence electrons. The van der Waals surface area contributed by atoms with Crippen molar-refractivity contribution in [3.05, 3.63) is 70.7 Å². The minimum Gasteiger partial charge on any atom is -0.166 e. The highest BCUT2D eigenvalue weighted by Gasteiger charge is 2.37. The van der Waals surface area contributed by atoms with Gasteiger partial charge < -0.3 is 0 Å². The van der Waals surface area contributed by atoms with Gasteiger partial charge in [0.25, 0.3) is 0 Å². The predicted molar refractivity (Wildman–Crippen MR) is 84.6 cm³/mol. The Balaban J connectivity index is 2.68. The van der Waals surface area contributed by atoms with E-state index in [4.69, 9.17) is 11.6 Å². The van der Waals surface area contributed by atoms with Gasteiger partial charge in [-0.3, -0.25) is 0 Å². The molecule has 2 aromatic rings. The third-order valence-corrected chi connectivity index (χ3v) is 3.79. The van der Waals surface area contributed by atoms with E-state index in [2.05, 4.69) is 15.9 Å². The zero-order chi connectivity index (χ0) is 15.5. The quantitative estimate of drug-likeness (QED) is 0.442. The lowest BCUT2D eigenvalue weighted by molar-refractivity contribution is -0.0685. The molecular weight excluding hydrogens is 365 g/mol. The lowest BCUT2D eigenvalue weighted by Crippen LogP contribution is -2.13. The molecule has 0 saturated carbocycles. The number of benzene rings is 2.